The van der Waals surface area contributed by atoms with Crippen molar-refractivity contribution in [1.29, 1.82) is 0 Å². The van der Waals surface area contributed by atoms with Crippen LogP contribution >= 0.6 is 0 Å². The minimum Gasteiger partial charge on any atom is -0.467 e. The number of methoxy groups -OCH3 is 1. The zero-order chi connectivity index (χ0) is 31.5. The van der Waals surface area contributed by atoms with Crippen molar-refractivity contribution in [2.24, 2.45) is 5.92 Å². The molecule has 0 radical (unpaired) electrons. The van der Waals surface area contributed by atoms with Crippen LogP contribution in [0.15, 0.2) is 57.9 Å². The average molecular weight is 612 g/mol. The highest BCUT2D eigenvalue weighted by Gasteiger charge is 2.32. The number of aryl methyl sites for hydroxylation is 4. The third-order valence-corrected chi connectivity index (χ3v) is 9.38. The van der Waals surface area contributed by atoms with Gasteiger partial charge in [0.15, 0.2) is 0 Å². The van der Waals surface area contributed by atoms with Crippen LogP contribution in [0.1, 0.15) is 67.1 Å². The summed E-state index contributed by atoms with van der Waals surface area (Å²) in [5.74, 6) is -0.907. The van der Waals surface area contributed by atoms with Gasteiger partial charge in [-0.1, -0.05) is 55.8 Å². The SMILES string of the molecule is CCC(C)[C@H](NC(=O)[C@H](Cc1ccccc1)n1cc(CCc2cc(=O)oc3c4c5c(cc23)CCCN5CCC4)nn1)C(=O)OC. The molecule has 1 N–H and O–H groups in total. The molecule has 1 unspecified atom stereocenters. The maximum atomic E-state index is 13.7. The third-order valence-electron chi connectivity index (χ3n) is 9.38. The molecule has 1 amide bonds. The second-order valence-electron chi connectivity index (χ2n) is 12.3. The van der Waals surface area contributed by atoms with E-state index in [0.717, 1.165) is 60.8 Å². The van der Waals surface area contributed by atoms with Gasteiger partial charge in [-0.15, -0.1) is 5.10 Å². The van der Waals surface area contributed by atoms with Crippen LogP contribution in [0.3, 0.4) is 0 Å². The molecular formula is C35H41N5O5. The lowest BCUT2D eigenvalue weighted by Gasteiger charge is -2.37. The fourth-order valence-electron chi connectivity index (χ4n) is 6.78. The summed E-state index contributed by atoms with van der Waals surface area (Å²) < 4.78 is 12.4. The molecule has 4 heterocycles. The molecule has 236 valence electrons. The first-order chi connectivity index (χ1) is 21.9. The number of rotatable bonds is 11. The van der Waals surface area contributed by atoms with E-state index >= 15 is 0 Å². The fraction of sp³-hybridized carbons (Fsp3) is 0.457. The number of fused-ring (bicyclic) bond motifs is 2. The van der Waals surface area contributed by atoms with Gasteiger partial charge >= 0.3 is 11.6 Å². The number of hydrogen-bond acceptors (Lipinski definition) is 8. The number of carbonyl (C=O) groups is 2. The summed E-state index contributed by atoms with van der Waals surface area (Å²) in [6.45, 7) is 5.98. The summed E-state index contributed by atoms with van der Waals surface area (Å²) >= 11 is 0. The Bertz CT molecular complexity index is 1740. The average Bonchev–Trinajstić information content (AvgIpc) is 3.54. The van der Waals surface area contributed by atoms with E-state index in [-0.39, 0.29) is 17.5 Å². The summed E-state index contributed by atoms with van der Waals surface area (Å²) in [4.78, 5) is 41.4. The normalized spacial score (nSPS) is 16.1. The number of aromatic nitrogens is 3. The van der Waals surface area contributed by atoms with Gasteiger partial charge in [-0.25, -0.2) is 14.3 Å². The van der Waals surface area contributed by atoms with Crippen molar-refractivity contribution in [3.05, 3.63) is 87.0 Å². The van der Waals surface area contributed by atoms with Crippen molar-refractivity contribution < 1.29 is 18.7 Å². The van der Waals surface area contributed by atoms with Crippen LogP contribution in [0.5, 0.6) is 0 Å². The zero-order valence-electron chi connectivity index (χ0n) is 26.3. The molecule has 10 heteroatoms. The molecule has 0 saturated carbocycles. The number of benzene rings is 2. The lowest BCUT2D eigenvalue weighted by atomic mass is 9.88. The van der Waals surface area contributed by atoms with E-state index in [1.807, 2.05) is 44.2 Å². The predicted molar refractivity (Wildman–Crippen MR) is 171 cm³/mol. The van der Waals surface area contributed by atoms with Crippen LogP contribution in [-0.4, -0.2) is 53.1 Å². The number of carbonyl (C=O) groups excluding carboxylic acids is 2. The Balaban J connectivity index is 1.26. The van der Waals surface area contributed by atoms with Crippen molar-refractivity contribution in [2.45, 2.75) is 77.3 Å². The fourth-order valence-corrected chi connectivity index (χ4v) is 6.78. The first kappa shape index (κ1) is 30.6. The van der Waals surface area contributed by atoms with Gasteiger partial charge < -0.3 is 19.4 Å². The molecule has 10 nitrogen and oxygen atoms in total. The summed E-state index contributed by atoms with van der Waals surface area (Å²) in [5.41, 5.74) is 6.75. The van der Waals surface area contributed by atoms with Crippen molar-refractivity contribution in [2.75, 3.05) is 25.1 Å². The van der Waals surface area contributed by atoms with Crippen molar-refractivity contribution in [3.63, 3.8) is 0 Å². The molecule has 45 heavy (non-hydrogen) atoms. The van der Waals surface area contributed by atoms with Crippen LogP contribution < -0.4 is 15.8 Å². The number of nitrogens with zero attached hydrogens (tertiary/aromatic N) is 4. The van der Waals surface area contributed by atoms with E-state index in [0.29, 0.717) is 37.0 Å². The van der Waals surface area contributed by atoms with Gasteiger partial charge in [-0.2, -0.15) is 0 Å². The lowest BCUT2D eigenvalue weighted by Crippen LogP contribution is -2.48. The molecule has 0 fully saturated rings. The van der Waals surface area contributed by atoms with E-state index in [9.17, 15) is 14.4 Å². The summed E-state index contributed by atoms with van der Waals surface area (Å²) in [6.07, 6.45) is 8.10. The van der Waals surface area contributed by atoms with Crippen LogP contribution in [0.4, 0.5) is 5.69 Å². The van der Waals surface area contributed by atoms with Crippen LogP contribution in [0.2, 0.25) is 0 Å². The molecule has 0 aliphatic carbocycles. The minimum absolute atomic E-state index is 0.105. The Kier molecular flexibility index (Phi) is 9.00. The number of anilines is 1. The Morgan fingerprint density at radius 1 is 1.09 bits per heavy atom. The Morgan fingerprint density at radius 3 is 2.62 bits per heavy atom. The predicted octanol–water partition coefficient (Wildman–Crippen LogP) is 4.36. The summed E-state index contributed by atoms with van der Waals surface area (Å²) in [6, 6.07) is 12.0. The number of nitrogens with one attached hydrogen (secondary N) is 1. The van der Waals surface area contributed by atoms with E-state index in [1.165, 1.54) is 18.4 Å². The lowest BCUT2D eigenvalue weighted by molar-refractivity contribution is -0.147. The number of esters is 1. The highest BCUT2D eigenvalue weighted by atomic mass is 16.5. The molecule has 0 bridgehead atoms. The van der Waals surface area contributed by atoms with Crippen LogP contribution in [0.25, 0.3) is 11.0 Å². The van der Waals surface area contributed by atoms with Gasteiger partial charge in [0.05, 0.1) is 12.8 Å². The highest BCUT2D eigenvalue weighted by molar-refractivity contribution is 5.90. The molecule has 4 aromatic rings. The quantitative estimate of drug-likeness (QED) is 0.196. The first-order valence-corrected chi connectivity index (χ1v) is 16.1. The Morgan fingerprint density at radius 2 is 1.87 bits per heavy atom. The maximum absolute atomic E-state index is 13.7. The maximum Gasteiger partial charge on any atom is 0.336 e. The van der Waals surface area contributed by atoms with Crippen molar-refractivity contribution >= 4 is 28.5 Å². The van der Waals surface area contributed by atoms with Crippen molar-refractivity contribution in [3.8, 4) is 0 Å². The molecule has 2 aliphatic rings. The molecular weight excluding hydrogens is 570 g/mol. The highest BCUT2D eigenvalue weighted by Crippen LogP contribution is 2.40. The van der Waals surface area contributed by atoms with Crippen LogP contribution in [-0.2, 0) is 46.4 Å². The van der Waals surface area contributed by atoms with Gasteiger partial charge in [0, 0.05) is 48.4 Å². The smallest absolute Gasteiger partial charge is 0.336 e. The molecule has 2 aromatic carbocycles. The van der Waals surface area contributed by atoms with Gasteiger partial charge in [0.1, 0.15) is 17.7 Å². The monoisotopic (exact) mass is 611 g/mol. The Hall–Kier alpha value is -4.47. The van der Waals surface area contributed by atoms with E-state index in [2.05, 4.69) is 26.6 Å². The minimum atomic E-state index is -0.769. The standard InChI is InChI=1S/C35H41N5O5/c1-4-22(2)31(35(43)44-3)36-34(42)29(18-23-10-6-5-7-11-23)40-21-26(37-38-40)15-14-24-20-30(41)45-33-27-13-9-17-39-16-8-12-25(32(27)39)19-28(24)33/h5-7,10-11,19-22,29,31H,4,8-9,12-18H2,1-3H3,(H,36,42)/t22?,29-,31-/m0/s1. The summed E-state index contributed by atoms with van der Waals surface area (Å²) in [7, 11) is 1.33. The van der Waals surface area contributed by atoms with Gasteiger partial charge in [-0.3, -0.25) is 4.79 Å². The molecule has 0 spiro atoms. The Labute approximate surface area is 262 Å². The second kappa shape index (κ2) is 13.3. The molecule has 2 aromatic heterocycles. The van der Waals surface area contributed by atoms with Gasteiger partial charge in [0.2, 0.25) is 5.91 Å². The second-order valence-corrected chi connectivity index (χ2v) is 12.3. The van der Waals surface area contributed by atoms with E-state index < -0.39 is 18.1 Å². The molecule has 2 aliphatic heterocycles. The number of hydrogen-bond donors (Lipinski definition) is 1. The van der Waals surface area contributed by atoms with Crippen LogP contribution in [0, 0.1) is 5.92 Å². The van der Waals surface area contributed by atoms with E-state index in [4.69, 9.17) is 9.15 Å². The topological polar surface area (TPSA) is 120 Å². The van der Waals surface area contributed by atoms with Gasteiger partial charge in [-0.05, 0) is 67.2 Å². The molecule has 6 rings (SSSR count). The zero-order valence-corrected chi connectivity index (χ0v) is 26.3. The third kappa shape index (κ3) is 6.36. The van der Waals surface area contributed by atoms with E-state index in [1.54, 1.807) is 16.9 Å². The first-order valence-electron chi connectivity index (χ1n) is 16.1. The summed E-state index contributed by atoms with van der Waals surface area (Å²) in [5, 5.41) is 12.7. The number of ether oxygens (including phenoxy) is 1. The van der Waals surface area contributed by atoms with Gasteiger partial charge in [0.25, 0.3) is 0 Å². The molecule has 0 saturated heterocycles. The molecule has 3 atom stereocenters. The largest absolute Gasteiger partial charge is 0.467 e. The van der Waals surface area contributed by atoms with Crippen molar-refractivity contribution in [1.82, 2.24) is 20.3 Å². The number of amides is 1.